The maximum absolute atomic E-state index is 11.5. The summed E-state index contributed by atoms with van der Waals surface area (Å²) in [7, 11) is 2.91. The van der Waals surface area contributed by atoms with Crippen molar-refractivity contribution in [2.45, 2.75) is 33.0 Å². The largest absolute Gasteiger partial charge is 0.493 e. The van der Waals surface area contributed by atoms with E-state index in [0.29, 0.717) is 30.1 Å². The zero-order valence-electron chi connectivity index (χ0n) is 16.0. The minimum Gasteiger partial charge on any atom is -0.493 e. The summed E-state index contributed by atoms with van der Waals surface area (Å²) < 4.78 is 21.3. The molecule has 0 aromatic heterocycles. The molecule has 1 atom stereocenters. The van der Waals surface area contributed by atoms with Gasteiger partial charge >= 0.3 is 11.9 Å². The molecule has 0 radical (unpaired) electrons. The van der Waals surface area contributed by atoms with E-state index in [1.54, 1.807) is 37.4 Å². The van der Waals surface area contributed by atoms with E-state index < -0.39 is 0 Å². The van der Waals surface area contributed by atoms with Crippen LogP contribution >= 0.6 is 0 Å². The van der Waals surface area contributed by atoms with Gasteiger partial charge < -0.3 is 18.9 Å². The van der Waals surface area contributed by atoms with E-state index in [2.05, 4.69) is 4.74 Å². The van der Waals surface area contributed by atoms with Crippen LogP contribution in [0.3, 0.4) is 0 Å². The summed E-state index contributed by atoms with van der Waals surface area (Å²) in [5.41, 5.74) is 2.23. The lowest BCUT2D eigenvalue weighted by atomic mass is 10.1. The van der Waals surface area contributed by atoms with Crippen molar-refractivity contribution in [2.75, 3.05) is 14.2 Å². The Morgan fingerprint density at radius 3 is 2.26 bits per heavy atom. The Bertz CT molecular complexity index is 782. The van der Waals surface area contributed by atoms with Crippen LogP contribution in [0.1, 0.15) is 47.9 Å². The number of carbonyl (C=O) groups excluding carboxylic acids is 2. The Morgan fingerprint density at radius 1 is 1.00 bits per heavy atom. The third-order valence-electron chi connectivity index (χ3n) is 4.01. The molecule has 144 valence electrons. The van der Waals surface area contributed by atoms with Gasteiger partial charge in [-0.25, -0.2) is 4.79 Å². The Hall–Kier alpha value is -3.02. The highest BCUT2D eigenvalue weighted by Gasteiger charge is 2.16. The van der Waals surface area contributed by atoms with Gasteiger partial charge in [-0.05, 0) is 41.8 Å². The zero-order valence-corrected chi connectivity index (χ0v) is 16.0. The van der Waals surface area contributed by atoms with Crippen molar-refractivity contribution in [1.29, 1.82) is 0 Å². The standard InChI is InChI=1S/C21H24O6/c1-5-18(27-14(2)22)17-10-11-19(20(12-17)24-3)26-13-15-6-8-16(9-7-15)21(23)25-4/h6-12,18H,5,13H2,1-4H3/t18-/m1/s1. The zero-order chi connectivity index (χ0) is 19.8. The van der Waals surface area contributed by atoms with Crippen LogP contribution in [-0.2, 0) is 20.9 Å². The predicted molar refractivity (Wildman–Crippen MR) is 99.9 cm³/mol. The molecule has 0 unspecified atom stereocenters. The minimum atomic E-state index is -0.377. The van der Waals surface area contributed by atoms with Crippen LogP contribution in [-0.4, -0.2) is 26.2 Å². The number of benzene rings is 2. The summed E-state index contributed by atoms with van der Waals surface area (Å²) in [6.07, 6.45) is 0.339. The van der Waals surface area contributed by atoms with Gasteiger partial charge in [-0.2, -0.15) is 0 Å². The van der Waals surface area contributed by atoms with E-state index in [1.807, 2.05) is 19.1 Å². The minimum absolute atomic E-state index is 0.318. The quantitative estimate of drug-likeness (QED) is 0.651. The first-order valence-electron chi connectivity index (χ1n) is 8.63. The predicted octanol–water partition coefficient (Wildman–Crippen LogP) is 4.08. The van der Waals surface area contributed by atoms with Crippen molar-refractivity contribution in [2.24, 2.45) is 0 Å². The first kappa shape index (κ1) is 20.3. The van der Waals surface area contributed by atoms with E-state index in [0.717, 1.165) is 11.1 Å². The highest BCUT2D eigenvalue weighted by atomic mass is 16.5. The number of ether oxygens (including phenoxy) is 4. The van der Waals surface area contributed by atoms with E-state index in [-0.39, 0.29) is 18.0 Å². The van der Waals surface area contributed by atoms with Crippen LogP contribution < -0.4 is 9.47 Å². The third-order valence-corrected chi connectivity index (χ3v) is 4.01. The van der Waals surface area contributed by atoms with Gasteiger partial charge in [0, 0.05) is 6.92 Å². The lowest BCUT2D eigenvalue weighted by Gasteiger charge is -2.18. The lowest BCUT2D eigenvalue weighted by molar-refractivity contribution is -0.146. The monoisotopic (exact) mass is 372 g/mol. The molecule has 6 nitrogen and oxygen atoms in total. The van der Waals surface area contributed by atoms with Crippen molar-refractivity contribution in [3.63, 3.8) is 0 Å². The van der Waals surface area contributed by atoms with Gasteiger partial charge in [0.05, 0.1) is 19.8 Å². The number of hydrogen-bond acceptors (Lipinski definition) is 6. The molecule has 0 bridgehead atoms. The molecular formula is C21H24O6. The van der Waals surface area contributed by atoms with Gasteiger partial charge in [-0.3, -0.25) is 4.79 Å². The van der Waals surface area contributed by atoms with Gasteiger partial charge in [0.25, 0.3) is 0 Å². The Kier molecular flexibility index (Phi) is 7.23. The average molecular weight is 372 g/mol. The summed E-state index contributed by atoms with van der Waals surface area (Å²) in [6.45, 7) is 3.66. The van der Waals surface area contributed by atoms with Crippen LogP contribution in [0.2, 0.25) is 0 Å². The molecule has 0 N–H and O–H groups in total. The molecule has 2 aromatic rings. The number of methoxy groups -OCH3 is 2. The number of carbonyl (C=O) groups is 2. The third kappa shape index (κ3) is 5.48. The van der Waals surface area contributed by atoms with Gasteiger partial charge in [-0.15, -0.1) is 0 Å². The topological polar surface area (TPSA) is 71.1 Å². The molecule has 0 fully saturated rings. The molecule has 6 heteroatoms. The molecule has 0 heterocycles. The SMILES string of the molecule is CC[C@@H](OC(C)=O)c1ccc(OCc2ccc(C(=O)OC)cc2)c(OC)c1. The molecule has 0 spiro atoms. The van der Waals surface area contributed by atoms with Crippen molar-refractivity contribution in [3.8, 4) is 11.5 Å². The molecule has 0 saturated heterocycles. The molecule has 0 amide bonds. The second kappa shape index (κ2) is 9.62. The Morgan fingerprint density at radius 2 is 1.70 bits per heavy atom. The highest BCUT2D eigenvalue weighted by Crippen LogP contribution is 2.33. The van der Waals surface area contributed by atoms with E-state index in [1.165, 1.54) is 14.0 Å². The summed E-state index contributed by atoms with van der Waals surface area (Å²) in [6, 6.07) is 12.5. The molecular weight excluding hydrogens is 348 g/mol. The van der Waals surface area contributed by atoms with Crippen molar-refractivity contribution in [1.82, 2.24) is 0 Å². The molecule has 0 aliphatic heterocycles. The normalized spacial score (nSPS) is 11.4. The molecule has 2 aromatic carbocycles. The lowest BCUT2D eigenvalue weighted by Crippen LogP contribution is -2.08. The first-order chi connectivity index (χ1) is 13.0. The maximum Gasteiger partial charge on any atom is 0.337 e. The van der Waals surface area contributed by atoms with Crippen molar-refractivity contribution in [3.05, 3.63) is 59.2 Å². The Balaban J connectivity index is 2.10. The second-order valence-electron chi connectivity index (χ2n) is 5.89. The average Bonchev–Trinajstić information content (AvgIpc) is 2.70. The molecule has 0 saturated carbocycles. The van der Waals surface area contributed by atoms with Crippen LogP contribution in [0.4, 0.5) is 0 Å². The van der Waals surface area contributed by atoms with Gasteiger partial charge in [0.15, 0.2) is 11.5 Å². The van der Waals surface area contributed by atoms with E-state index >= 15 is 0 Å². The fraction of sp³-hybridized carbons (Fsp3) is 0.333. The number of hydrogen-bond donors (Lipinski definition) is 0. The number of rotatable bonds is 8. The fourth-order valence-corrected chi connectivity index (χ4v) is 2.61. The maximum atomic E-state index is 11.5. The van der Waals surface area contributed by atoms with Crippen molar-refractivity contribution < 1.29 is 28.5 Å². The summed E-state index contributed by atoms with van der Waals surface area (Å²) in [5, 5.41) is 0. The highest BCUT2D eigenvalue weighted by molar-refractivity contribution is 5.89. The van der Waals surface area contributed by atoms with Crippen LogP contribution in [0.25, 0.3) is 0 Å². The van der Waals surface area contributed by atoms with Crippen LogP contribution in [0.5, 0.6) is 11.5 Å². The van der Waals surface area contributed by atoms with Gasteiger partial charge in [0.2, 0.25) is 0 Å². The van der Waals surface area contributed by atoms with E-state index in [4.69, 9.17) is 14.2 Å². The summed E-state index contributed by atoms with van der Waals surface area (Å²) in [5.74, 6) is 0.440. The second-order valence-corrected chi connectivity index (χ2v) is 5.89. The van der Waals surface area contributed by atoms with Gasteiger partial charge in [0.1, 0.15) is 12.7 Å². The summed E-state index contributed by atoms with van der Waals surface area (Å²) >= 11 is 0. The van der Waals surface area contributed by atoms with Crippen molar-refractivity contribution >= 4 is 11.9 Å². The molecule has 27 heavy (non-hydrogen) atoms. The molecule has 0 aliphatic rings. The smallest absolute Gasteiger partial charge is 0.337 e. The molecule has 0 aliphatic carbocycles. The Labute approximate surface area is 159 Å². The van der Waals surface area contributed by atoms with Crippen LogP contribution in [0, 0.1) is 0 Å². The van der Waals surface area contributed by atoms with E-state index in [9.17, 15) is 9.59 Å². The summed E-state index contributed by atoms with van der Waals surface area (Å²) in [4.78, 5) is 22.7. The molecule has 2 rings (SSSR count). The fourth-order valence-electron chi connectivity index (χ4n) is 2.61. The van der Waals surface area contributed by atoms with Crippen LogP contribution in [0.15, 0.2) is 42.5 Å². The van der Waals surface area contributed by atoms with Gasteiger partial charge in [-0.1, -0.05) is 25.1 Å². The first-order valence-corrected chi connectivity index (χ1v) is 8.63. The number of esters is 2.